The third-order valence-electron chi connectivity index (χ3n) is 2.41. The summed E-state index contributed by atoms with van der Waals surface area (Å²) in [4.78, 5) is 4.17. The Hall–Kier alpha value is -1.44. The largest absolute Gasteiger partial charge is 0.399 e. The van der Waals surface area contributed by atoms with E-state index in [1.54, 1.807) is 36.5 Å². The van der Waals surface area contributed by atoms with E-state index in [1.165, 1.54) is 6.07 Å². The number of nitrogens with one attached hydrogen (secondary N) is 1. The minimum absolute atomic E-state index is 0.114. The molecule has 0 amide bonds. The van der Waals surface area contributed by atoms with Crippen LogP contribution >= 0.6 is 15.9 Å². The standard InChI is InChI=1S/C12H12BrN3O2S/c13-11-5-4-9(14)7-12(11)19(17,18)16-8-10-3-1-2-6-15-10/h1-7,16H,8,14H2. The van der Waals surface area contributed by atoms with Crippen LogP contribution < -0.4 is 10.5 Å². The van der Waals surface area contributed by atoms with Gasteiger partial charge in [0, 0.05) is 16.4 Å². The van der Waals surface area contributed by atoms with Crippen LogP contribution in [0.2, 0.25) is 0 Å². The first-order valence-corrected chi connectivity index (χ1v) is 7.71. The minimum atomic E-state index is -3.63. The quantitative estimate of drug-likeness (QED) is 0.831. The molecule has 3 N–H and O–H groups in total. The van der Waals surface area contributed by atoms with Gasteiger partial charge in [-0.05, 0) is 46.3 Å². The highest BCUT2D eigenvalue weighted by molar-refractivity contribution is 9.10. The third kappa shape index (κ3) is 3.52. The summed E-state index contributed by atoms with van der Waals surface area (Å²) < 4.78 is 27.3. The summed E-state index contributed by atoms with van der Waals surface area (Å²) in [6, 6.07) is 9.95. The second-order valence-electron chi connectivity index (χ2n) is 3.84. The molecule has 1 aromatic heterocycles. The summed E-state index contributed by atoms with van der Waals surface area (Å²) in [6.07, 6.45) is 1.61. The van der Waals surface area contributed by atoms with Gasteiger partial charge in [-0.15, -0.1) is 0 Å². The topological polar surface area (TPSA) is 85.1 Å². The van der Waals surface area contributed by atoms with Crippen molar-refractivity contribution in [1.29, 1.82) is 0 Å². The maximum Gasteiger partial charge on any atom is 0.242 e. The van der Waals surface area contributed by atoms with E-state index < -0.39 is 10.0 Å². The Morgan fingerprint density at radius 2 is 2.05 bits per heavy atom. The van der Waals surface area contributed by atoms with E-state index in [0.717, 1.165) is 0 Å². The van der Waals surface area contributed by atoms with Crippen LogP contribution in [0.15, 0.2) is 52.0 Å². The summed E-state index contributed by atoms with van der Waals surface area (Å²) in [7, 11) is -3.63. The van der Waals surface area contributed by atoms with Crippen LogP contribution in [0.25, 0.3) is 0 Å². The second kappa shape index (κ2) is 5.68. The van der Waals surface area contributed by atoms with Crippen molar-refractivity contribution in [2.24, 2.45) is 0 Å². The smallest absolute Gasteiger partial charge is 0.242 e. The van der Waals surface area contributed by atoms with Crippen molar-refractivity contribution in [2.75, 3.05) is 5.73 Å². The van der Waals surface area contributed by atoms with E-state index in [1.807, 2.05) is 0 Å². The van der Waals surface area contributed by atoms with Crippen molar-refractivity contribution in [2.45, 2.75) is 11.4 Å². The van der Waals surface area contributed by atoms with Crippen LogP contribution in [0, 0.1) is 0 Å². The fourth-order valence-corrected chi connectivity index (χ4v) is 3.47. The predicted molar refractivity (Wildman–Crippen MR) is 76.8 cm³/mol. The number of pyridine rings is 1. The molecule has 2 rings (SSSR count). The van der Waals surface area contributed by atoms with Gasteiger partial charge in [-0.1, -0.05) is 6.07 Å². The van der Waals surface area contributed by atoms with Crippen LogP contribution in [-0.4, -0.2) is 13.4 Å². The van der Waals surface area contributed by atoms with Gasteiger partial charge in [-0.3, -0.25) is 4.98 Å². The Bertz CT molecular complexity index is 675. The van der Waals surface area contributed by atoms with Gasteiger partial charge in [-0.2, -0.15) is 0 Å². The molecule has 0 aliphatic heterocycles. The van der Waals surface area contributed by atoms with E-state index in [9.17, 15) is 8.42 Å². The molecule has 0 radical (unpaired) electrons. The van der Waals surface area contributed by atoms with Gasteiger partial charge in [-0.25, -0.2) is 13.1 Å². The van der Waals surface area contributed by atoms with E-state index in [-0.39, 0.29) is 11.4 Å². The number of anilines is 1. The Balaban J connectivity index is 2.21. The van der Waals surface area contributed by atoms with E-state index in [0.29, 0.717) is 15.9 Å². The van der Waals surface area contributed by atoms with E-state index in [2.05, 4.69) is 25.6 Å². The van der Waals surface area contributed by atoms with Gasteiger partial charge in [0.25, 0.3) is 0 Å². The Labute approximate surface area is 120 Å². The van der Waals surface area contributed by atoms with Gasteiger partial charge < -0.3 is 5.73 Å². The molecule has 19 heavy (non-hydrogen) atoms. The average Bonchev–Trinajstić information content (AvgIpc) is 2.40. The fraction of sp³-hybridized carbons (Fsp3) is 0.0833. The molecule has 0 fully saturated rings. The number of benzene rings is 1. The lowest BCUT2D eigenvalue weighted by Gasteiger charge is -2.08. The van der Waals surface area contributed by atoms with Gasteiger partial charge in [0.2, 0.25) is 10.0 Å². The average molecular weight is 342 g/mol. The van der Waals surface area contributed by atoms with Crippen molar-refractivity contribution in [1.82, 2.24) is 9.71 Å². The monoisotopic (exact) mass is 341 g/mol. The van der Waals surface area contributed by atoms with Crippen molar-refractivity contribution >= 4 is 31.6 Å². The van der Waals surface area contributed by atoms with Crippen molar-refractivity contribution in [3.63, 3.8) is 0 Å². The lowest BCUT2D eigenvalue weighted by atomic mass is 10.3. The Morgan fingerprint density at radius 3 is 2.74 bits per heavy atom. The molecule has 0 spiro atoms. The van der Waals surface area contributed by atoms with Crippen molar-refractivity contribution in [3.8, 4) is 0 Å². The molecule has 0 atom stereocenters. The molecular weight excluding hydrogens is 330 g/mol. The molecule has 7 heteroatoms. The number of hydrogen-bond acceptors (Lipinski definition) is 4. The number of hydrogen-bond donors (Lipinski definition) is 2. The maximum absolute atomic E-state index is 12.2. The highest BCUT2D eigenvalue weighted by Crippen LogP contribution is 2.24. The normalized spacial score (nSPS) is 11.4. The van der Waals surface area contributed by atoms with Gasteiger partial charge in [0.05, 0.1) is 17.1 Å². The zero-order chi connectivity index (χ0) is 13.9. The molecule has 100 valence electrons. The fourth-order valence-electron chi connectivity index (χ4n) is 1.48. The predicted octanol–water partition coefficient (Wildman–Crippen LogP) is 1.90. The number of sulfonamides is 1. The van der Waals surface area contributed by atoms with Gasteiger partial charge in [0.15, 0.2) is 0 Å². The van der Waals surface area contributed by atoms with E-state index >= 15 is 0 Å². The van der Waals surface area contributed by atoms with Crippen molar-refractivity contribution in [3.05, 3.63) is 52.8 Å². The summed E-state index contributed by atoms with van der Waals surface area (Å²) >= 11 is 3.20. The van der Waals surface area contributed by atoms with E-state index in [4.69, 9.17) is 5.73 Å². The summed E-state index contributed by atoms with van der Waals surface area (Å²) in [5.41, 5.74) is 6.64. The molecule has 1 heterocycles. The molecule has 0 aliphatic carbocycles. The number of aromatic nitrogens is 1. The zero-order valence-corrected chi connectivity index (χ0v) is 12.3. The van der Waals surface area contributed by atoms with Crippen LogP contribution in [0.4, 0.5) is 5.69 Å². The number of nitrogen functional groups attached to an aromatic ring is 1. The molecule has 0 unspecified atom stereocenters. The van der Waals surface area contributed by atoms with Gasteiger partial charge >= 0.3 is 0 Å². The van der Waals surface area contributed by atoms with Crippen LogP contribution in [0.3, 0.4) is 0 Å². The zero-order valence-electron chi connectivity index (χ0n) is 9.88. The minimum Gasteiger partial charge on any atom is -0.399 e. The first-order chi connectivity index (χ1) is 8.99. The third-order valence-corrected chi connectivity index (χ3v) is 4.81. The summed E-state index contributed by atoms with van der Waals surface area (Å²) in [5.74, 6) is 0. The number of nitrogens with zero attached hydrogens (tertiary/aromatic N) is 1. The molecule has 0 bridgehead atoms. The van der Waals surface area contributed by atoms with Gasteiger partial charge in [0.1, 0.15) is 0 Å². The number of nitrogens with two attached hydrogens (primary N) is 1. The molecule has 5 nitrogen and oxygen atoms in total. The van der Waals surface area contributed by atoms with Crippen LogP contribution in [0.1, 0.15) is 5.69 Å². The lowest BCUT2D eigenvalue weighted by molar-refractivity contribution is 0.580. The van der Waals surface area contributed by atoms with Crippen LogP contribution in [0.5, 0.6) is 0 Å². The second-order valence-corrected chi connectivity index (χ2v) is 6.43. The molecule has 2 aromatic rings. The molecule has 1 aromatic carbocycles. The molecule has 0 saturated heterocycles. The van der Waals surface area contributed by atoms with Crippen LogP contribution in [-0.2, 0) is 16.6 Å². The Morgan fingerprint density at radius 1 is 1.26 bits per heavy atom. The highest BCUT2D eigenvalue weighted by atomic mass is 79.9. The maximum atomic E-state index is 12.2. The number of rotatable bonds is 4. The SMILES string of the molecule is Nc1ccc(Br)c(S(=O)(=O)NCc2ccccn2)c1. The first-order valence-electron chi connectivity index (χ1n) is 5.43. The molecule has 0 saturated carbocycles. The molecule has 0 aliphatic rings. The summed E-state index contributed by atoms with van der Waals surface area (Å²) in [6.45, 7) is 0.129. The molecular formula is C12H12BrN3O2S. The number of halogens is 1. The first kappa shape index (κ1) is 14.0. The van der Waals surface area contributed by atoms with Crippen molar-refractivity contribution < 1.29 is 8.42 Å². The summed E-state index contributed by atoms with van der Waals surface area (Å²) in [5, 5.41) is 0. The Kier molecular flexibility index (Phi) is 4.18. The lowest BCUT2D eigenvalue weighted by Crippen LogP contribution is -2.24. The highest BCUT2D eigenvalue weighted by Gasteiger charge is 2.17.